The summed E-state index contributed by atoms with van der Waals surface area (Å²) in [7, 11) is 0. The topological polar surface area (TPSA) is 66.9 Å². The molecule has 0 saturated carbocycles. The number of fused-ring (bicyclic) bond motifs is 3. The summed E-state index contributed by atoms with van der Waals surface area (Å²) in [6.45, 7) is 5.06. The van der Waals surface area contributed by atoms with Gasteiger partial charge in [-0.2, -0.15) is 0 Å². The Hall–Kier alpha value is -2.47. The second-order valence-corrected chi connectivity index (χ2v) is 8.09. The van der Waals surface area contributed by atoms with E-state index in [0.717, 1.165) is 40.4 Å². The van der Waals surface area contributed by atoms with Crippen molar-refractivity contribution in [3.05, 3.63) is 51.7 Å². The van der Waals surface area contributed by atoms with Gasteiger partial charge in [-0.15, -0.1) is 11.3 Å². The molecule has 2 heterocycles. The van der Waals surface area contributed by atoms with Crippen molar-refractivity contribution in [2.75, 3.05) is 18.4 Å². The summed E-state index contributed by atoms with van der Waals surface area (Å²) < 4.78 is 0. The molecule has 1 amide bonds. The van der Waals surface area contributed by atoms with E-state index < -0.39 is 0 Å². The number of amides is 1. The van der Waals surface area contributed by atoms with E-state index in [-0.39, 0.29) is 5.91 Å². The van der Waals surface area contributed by atoms with Crippen LogP contribution in [0.15, 0.2) is 24.3 Å². The number of thiophene rings is 1. The predicted octanol–water partition coefficient (Wildman–Crippen LogP) is 4.03. The quantitative estimate of drug-likeness (QED) is 0.656. The number of nitrogens with zero attached hydrogens (tertiary/aromatic N) is 2. The number of anilines is 1. The Morgan fingerprint density at radius 3 is 2.78 bits per heavy atom. The van der Waals surface area contributed by atoms with Crippen LogP contribution in [0.1, 0.15) is 45.0 Å². The molecular formula is C21H24N4OS. The van der Waals surface area contributed by atoms with Gasteiger partial charge in [0.25, 0.3) is 5.91 Å². The molecule has 0 saturated heterocycles. The first kappa shape index (κ1) is 17.9. The Labute approximate surface area is 163 Å². The molecule has 0 aliphatic heterocycles. The average molecular weight is 381 g/mol. The molecule has 1 aromatic carbocycles. The Bertz CT molecular complexity index is 995. The maximum absolute atomic E-state index is 12.3. The van der Waals surface area contributed by atoms with Crippen LogP contribution in [0.4, 0.5) is 5.82 Å². The summed E-state index contributed by atoms with van der Waals surface area (Å²) in [5, 5.41) is 7.60. The first-order chi connectivity index (χ1) is 13.1. The summed E-state index contributed by atoms with van der Waals surface area (Å²) in [5.41, 5.74) is 3.14. The van der Waals surface area contributed by atoms with E-state index in [1.54, 1.807) is 0 Å². The van der Waals surface area contributed by atoms with E-state index >= 15 is 0 Å². The fourth-order valence-electron chi connectivity index (χ4n) is 3.67. The Morgan fingerprint density at radius 1 is 1.11 bits per heavy atom. The lowest BCUT2D eigenvalue weighted by molar-refractivity contribution is 0.0954. The molecule has 27 heavy (non-hydrogen) atoms. The number of hydrogen-bond donors (Lipinski definition) is 2. The van der Waals surface area contributed by atoms with Crippen molar-refractivity contribution in [3.63, 3.8) is 0 Å². The van der Waals surface area contributed by atoms with E-state index in [4.69, 9.17) is 0 Å². The van der Waals surface area contributed by atoms with Gasteiger partial charge in [0.2, 0.25) is 0 Å². The Balaban J connectivity index is 1.45. The minimum atomic E-state index is -0.0353. The number of carbonyl (C=O) groups excluding carboxylic acids is 1. The molecule has 4 rings (SSSR count). The molecule has 6 heteroatoms. The molecule has 0 fully saturated rings. The van der Waals surface area contributed by atoms with E-state index in [0.29, 0.717) is 13.1 Å². The highest BCUT2D eigenvalue weighted by Gasteiger charge is 2.20. The third-order valence-corrected chi connectivity index (χ3v) is 6.20. The molecule has 0 bridgehead atoms. The van der Waals surface area contributed by atoms with Crippen molar-refractivity contribution in [2.45, 2.75) is 39.5 Å². The molecule has 0 unspecified atom stereocenters. The second-order valence-electron chi connectivity index (χ2n) is 7.01. The van der Waals surface area contributed by atoms with Crippen molar-refractivity contribution in [1.82, 2.24) is 15.3 Å². The van der Waals surface area contributed by atoms with Gasteiger partial charge in [-0.1, -0.05) is 18.2 Å². The molecule has 0 radical (unpaired) electrons. The summed E-state index contributed by atoms with van der Waals surface area (Å²) >= 11 is 1.81. The molecule has 1 aliphatic carbocycles. The number of aromatic nitrogens is 2. The third-order valence-electron chi connectivity index (χ3n) is 5.02. The molecule has 1 aliphatic rings. The van der Waals surface area contributed by atoms with Gasteiger partial charge in [0, 0.05) is 23.5 Å². The molecular weight excluding hydrogens is 356 g/mol. The number of benzene rings is 1. The summed E-state index contributed by atoms with van der Waals surface area (Å²) in [5.74, 6) is 1.65. The molecule has 140 valence electrons. The third kappa shape index (κ3) is 3.67. The summed E-state index contributed by atoms with van der Waals surface area (Å²) in [4.78, 5) is 24.2. The van der Waals surface area contributed by atoms with Gasteiger partial charge in [-0.3, -0.25) is 4.79 Å². The van der Waals surface area contributed by atoms with Crippen molar-refractivity contribution < 1.29 is 4.79 Å². The van der Waals surface area contributed by atoms with Crippen LogP contribution in [0.5, 0.6) is 0 Å². The minimum absolute atomic E-state index is 0.0353. The molecule has 0 atom stereocenters. The zero-order valence-corrected chi connectivity index (χ0v) is 16.6. The van der Waals surface area contributed by atoms with Crippen LogP contribution < -0.4 is 10.6 Å². The fraction of sp³-hybridized carbons (Fsp3) is 0.381. The van der Waals surface area contributed by atoms with Gasteiger partial charge in [0.15, 0.2) is 0 Å². The lowest BCUT2D eigenvalue weighted by Gasteiger charge is -2.13. The zero-order chi connectivity index (χ0) is 18.8. The monoisotopic (exact) mass is 380 g/mol. The van der Waals surface area contributed by atoms with Crippen molar-refractivity contribution in [2.24, 2.45) is 0 Å². The molecule has 3 aromatic rings. The second kappa shape index (κ2) is 7.64. The summed E-state index contributed by atoms with van der Waals surface area (Å²) in [6.07, 6.45) is 4.76. The smallest absolute Gasteiger partial charge is 0.251 e. The first-order valence-electron chi connectivity index (χ1n) is 9.50. The van der Waals surface area contributed by atoms with Gasteiger partial charge in [0.05, 0.1) is 5.39 Å². The van der Waals surface area contributed by atoms with E-state index in [1.165, 1.54) is 28.7 Å². The van der Waals surface area contributed by atoms with Gasteiger partial charge in [-0.05, 0) is 56.7 Å². The van der Waals surface area contributed by atoms with Gasteiger partial charge in [-0.25, -0.2) is 9.97 Å². The predicted molar refractivity (Wildman–Crippen MR) is 111 cm³/mol. The number of rotatable bonds is 5. The normalized spacial score (nSPS) is 13.4. The minimum Gasteiger partial charge on any atom is -0.368 e. The van der Waals surface area contributed by atoms with Gasteiger partial charge < -0.3 is 10.6 Å². The van der Waals surface area contributed by atoms with Crippen LogP contribution in [-0.2, 0) is 12.8 Å². The first-order valence-corrected chi connectivity index (χ1v) is 10.3. The number of carbonyl (C=O) groups is 1. The number of aryl methyl sites for hydroxylation is 4. The van der Waals surface area contributed by atoms with Crippen LogP contribution in [0, 0.1) is 13.8 Å². The highest BCUT2D eigenvalue weighted by molar-refractivity contribution is 7.19. The maximum Gasteiger partial charge on any atom is 0.251 e. The van der Waals surface area contributed by atoms with Crippen LogP contribution in [0.3, 0.4) is 0 Å². The maximum atomic E-state index is 12.3. The van der Waals surface area contributed by atoms with E-state index in [2.05, 4.69) is 20.6 Å². The molecule has 0 spiro atoms. The molecule has 2 aromatic heterocycles. The van der Waals surface area contributed by atoms with E-state index in [9.17, 15) is 4.79 Å². The largest absolute Gasteiger partial charge is 0.368 e. The summed E-state index contributed by atoms with van der Waals surface area (Å²) in [6, 6.07) is 7.64. The highest BCUT2D eigenvalue weighted by Crippen LogP contribution is 2.38. The fourth-order valence-corrected chi connectivity index (χ4v) is 4.98. The Kier molecular flexibility index (Phi) is 5.07. The van der Waals surface area contributed by atoms with Crippen LogP contribution >= 0.6 is 11.3 Å². The number of hydrogen-bond acceptors (Lipinski definition) is 5. The van der Waals surface area contributed by atoms with Gasteiger partial charge in [0.1, 0.15) is 16.5 Å². The van der Waals surface area contributed by atoms with Crippen LogP contribution in [0.2, 0.25) is 0 Å². The zero-order valence-electron chi connectivity index (χ0n) is 15.8. The average Bonchev–Trinajstić information content (AvgIpc) is 3.03. The lowest BCUT2D eigenvalue weighted by Crippen LogP contribution is -2.29. The lowest BCUT2D eigenvalue weighted by atomic mass is 9.97. The van der Waals surface area contributed by atoms with Crippen LogP contribution in [0.25, 0.3) is 10.2 Å². The van der Waals surface area contributed by atoms with Crippen LogP contribution in [-0.4, -0.2) is 29.0 Å². The standard InChI is InChI=1S/C21H24N4OS/c1-13-7-3-4-8-15(13)20(26)23-12-11-22-19-18-16-9-5-6-10-17(16)27-21(18)25-14(2)24-19/h3-4,7-8H,5-6,9-12H2,1-2H3,(H,23,26)(H,22,24,25). The van der Waals surface area contributed by atoms with Crippen molar-refractivity contribution >= 4 is 33.3 Å². The molecule has 5 nitrogen and oxygen atoms in total. The number of nitrogens with one attached hydrogen (secondary N) is 2. The van der Waals surface area contributed by atoms with Gasteiger partial charge >= 0.3 is 0 Å². The van der Waals surface area contributed by atoms with E-state index in [1.807, 2.05) is 49.4 Å². The van der Waals surface area contributed by atoms with Crippen molar-refractivity contribution in [3.8, 4) is 0 Å². The Morgan fingerprint density at radius 2 is 1.93 bits per heavy atom. The SMILES string of the molecule is Cc1nc(NCCNC(=O)c2ccccc2C)c2c3c(sc2n1)CCCC3. The molecule has 2 N–H and O–H groups in total. The van der Waals surface area contributed by atoms with Crippen molar-refractivity contribution in [1.29, 1.82) is 0 Å². The highest BCUT2D eigenvalue weighted by atomic mass is 32.1.